The van der Waals surface area contributed by atoms with Gasteiger partial charge in [0.25, 0.3) is 0 Å². The van der Waals surface area contributed by atoms with Gasteiger partial charge in [-0.1, -0.05) is 54.6 Å². The lowest BCUT2D eigenvalue weighted by atomic mass is 10.0. The molecular weight excluding hydrogens is 365 g/mol. The van der Waals surface area contributed by atoms with E-state index in [1.165, 1.54) is 24.3 Å². The van der Waals surface area contributed by atoms with E-state index < -0.39 is 24.1 Å². The molecule has 0 radical (unpaired) electrons. The monoisotopic (exact) mass is 384 g/mol. The predicted molar refractivity (Wildman–Crippen MR) is 104 cm³/mol. The van der Waals surface area contributed by atoms with E-state index in [2.05, 4.69) is 0 Å². The summed E-state index contributed by atoms with van der Waals surface area (Å²) in [5.74, 6) is -2.25. The zero-order chi connectivity index (χ0) is 20.1. The van der Waals surface area contributed by atoms with Gasteiger partial charge < -0.3 is 9.84 Å². The summed E-state index contributed by atoms with van der Waals surface area (Å²) in [6.07, 6.45) is 3.12. The molecule has 0 atom stereocenters. The molecule has 0 saturated heterocycles. The fourth-order valence-corrected chi connectivity index (χ4v) is 2.78. The van der Waals surface area contributed by atoms with Gasteiger partial charge in [-0.25, -0.2) is 13.2 Å². The van der Waals surface area contributed by atoms with E-state index >= 15 is 0 Å². The number of benzene rings is 3. The molecule has 0 unspecified atom stereocenters. The minimum absolute atomic E-state index is 0.0819. The smallest absolute Gasteiger partial charge is 0.166 e. The van der Waals surface area contributed by atoms with Crippen LogP contribution in [0.15, 0.2) is 54.6 Å². The van der Waals surface area contributed by atoms with Gasteiger partial charge in [0.15, 0.2) is 23.2 Å². The van der Waals surface area contributed by atoms with Crippen LogP contribution in [-0.2, 0) is 6.61 Å². The average molecular weight is 384 g/mol. The minimum Gasteiger partial charge on any atom is -0.491 e. The third-order valence-electron chi connectivity index (χ3n) is 4.29. The Labute approximate surface area is 161 Å². The van der Waals surface area contributed by atoms with Crippen LogP contribution in [0.4, 0.5) is 13.2 Å². The van der Waals surface area contributed by atoms with Crippen LogP contribution in [0.1, 0.15) is 23.6 Å². The van der Waals surface area contributed by atoms with Crippen LogP contribution in [0, 0.1) is 17.5 Å². The Bertz CT molecular complexity index is 995. The maximum atomic E-state index is 14.0. The molecule has 0 aliphatic heterocycles. The van der Waals surface area contributed by atoms with Gasteiger partial charge in [0.1, 0.15) is 0 Å². The molecule has 0 aromatic heterocycles. The Morgan fingerprint density at radius 2 is 1.57 bits per heavy atom. The third-order valence-corrected chi connectivity index (χ3v) is 4.29. The molecule has 2 nitrogen and oxygen atoms in total. The van der Waals surface area contributed by atoms with Gasteiger partial charge in [-0.2, -0.15) is 0 Å². The van der Waals surface area contributed by atoms with Crippen molar-refractivity contribution in [3.8, 4) is 16.9 Å². The first kappa shape index (κ1) is 19.7. The first-order chi connectivity index (χ1) is 13.5. The van der Waals surface area contributed by atoms with Crippen LogP contribution in [0.5, 0.6) is 5.75 Å². The van der Waals surface area contributed by atoms with Gasteiger partial charge in [-0.05, 0) is 35.7 Å². The summed E-state index contributed by atoms with van der Waals surface area (Å²) in [5, 5.41) is 8.97. The lowest BCUT2D eigenvalue weighted by molar-refractivity contribution is 0.273. The minimum atomic E-state index is -1.04. The van der Waals surface area contributed by atoms with Crippen molar-refractivity contribution in [1.29, 1.82) is 0 Å². The highest BCUT2D eigenvalue weighted by molar-refractivity contribution is 5.72. The van der Waals surface area contributed by atoms with Crippen molar-refractivity contribution < 1.29 is 23.0 Å². The number of halogens is 3. The van der Waals surface area contributed by atoms with Crippen LogP contribution in [0.25, 0.3) is 23.3 Å². The Hall–Kier alpha value is -3.05. The molecule has 3 aromatic rings. The molecule has 1 N–H and O–H groups in total. The molecule has 28 heavy (non-hydrogen) atoms. The first-order valence-electron chi connectivity index (χ1n) is 8.82. The number of hydrogen-bond donors (Lipinski definition) is 1. The second kappa shape index (κ2) is 8.76. The summed E-state index contributed by atoms with van der Waals surface area (Å²) >= 11 is 0. The second-order valence-electron chi connectivity index (χ2n) is 6.13. The standard InChI is InChI=1S/C23H19F3O2/c1-2-28-21-12-11-18(13-20(21)24)16-6-3-15(4-7-16)5-8-17-9-10-19(14-27)23(26)22(17)25/h3-13,27H,2,14H2,1H3. The summed E-state index contributed by atoms with van der Waals surface area (Å²) < 4.78 is 46.9. The highest BCUT2D eigenvalue weighted by Crippen LogP contribution is 2.26. The van der Waals surface area contributed by atoms with Crippen molar-refractivity contribution >= 4 is 12.2 Å². The molecule has 5 heteroatoms. The van der Waals surface area contributed by atoms with E-state index in [1.54, 1.807) is 37.3 Å². The van der Waals surface area contributed by atoms with Crippen LogP contribution in [0.3, 0.4) is 0 Å². The van der Waals surface area contributed by atoms with E-state index in [4.69, 9.17) is 9.84 Å². The van der Waals surface area contributed by atoms with E-state index in [0.717, 1.165) is 11.1 Å². The molecule has 0 fully saturated rings. The molecule has 0 aliphatic carbocycles. The molecule has 3 rings (SSSR count). The van der Waals surface area contributed by atoms with Gasteiger partial charge in [-0.3, -0.25) is 0 Å². The molecular formula is C23H19F3O2. The van der Waals surface area contributed by atoms with Gasteiger partial charge in [0.2, 0.25) is 0 Å². The number of ether oxygens (including phenoxy) is 1. The Morgan fingerprint density at radius 3 is 2.21 bits per heavy atom. The lowest BCUT2D eigenvalue weighted by Crippen LogP contribution is -1.96. The molecule has 3 aromatic carbocycles. The fraction of sp³-hybridized carbons (Fsp3) is 0.130. The van der Waals surface area contributed by atoms with Crippen molar-refractivity contribution in [3.05, 3.63) is 88.7 Å². The molecule has 0 saturated carbocycles. The lowest BCUT2D eigenvalue weighted by Gasteiger charge is -2.07. The summed E-state index contributed by atoms with van der Waals surface area (Å²) in [4.78, 5) is 0. The van der Waals surface area contributed by atoms with Gasteiger partial charge in [0.05, 0.1) is 13.2 Å². The van der Waals surface area contributed by atoms with Crippen molar-refractivity contribution in [3.63, 3.8) is 0 Å². The van der Waals surface area contributed by atoms with Gasteiger partial charge in [-0.15, -0.1) is 0 Å². The number of rotatable bonds is 6. The second-order valence-corrected chi connectivity index (χ2v) is 6.13. The Morgan fingerprint density at radius 1 is 0.857 bits per heavy atom. The van der Waals surface area contributed by atoms with Crippen molar-refractivity contribution in [2.24, 2.45) is 0 Å². The zero-order valence-electron chi connectivity index (χ0n) is 15.3. The topological polar surface area (TPSA) is 29.5 Å². The maximum absolute atomic E-state index is 14.0. The summed E-state index contributed by atoms with van der Waals surface area (Å²) in [6, 6.07) is 14.8. The first-order valence-corrected chi connectivity index (χ1v) is 8.82. The van der Waals surface area contributed by atoms with Gasteiger partial charge in [0, 0.05) is 11.1 Å². The highest BCUT2D eigenvalue weighted by atomic mass is 19.2. The fourth-order valence-electron chi connectivity index (χ4n) is 2.78. The largest absolute Gasteiger partial charge is 0.491 e. The summed E-state index contributed by atoms with van der Waals surface area (Å²) in [5.41, 5.74) is 2.32. The number of aliphatic hydroxyl groups is 1. The number of hydrogen-bond acceptors (Lipinski definition) is 2. The number of aliphatic hydroxyl groups excluding tert-OH is 1. The quantitative estimate of drug-likeness (QED) is 0.542. The van der Waals surface area contributed by atoms with E-state index in [1.807, 2.05) is 12.1 Å². The molecule has 144 valence electrons. The van der Waals surface area contributed by atoms with E-state index in [9.17, 15) is 13.2 Å². The average Bonchev–Trinajstić information content (AvgIpc) is 2.71. The Balaban J connectivity index is 1.79. The SMILES string of the molecule is CCOc1ccc(-c2ccc(C=Cc3ccc(CO)c(F)c3F)cc2)cc1F. The van der Waals surface area contributed by atoms with E-state index in [0.29, 0.717) is 12.2 Å². The predicted octanol–water partition coefficient (Wildman–Crippen LogP) is 5.83. The molecule has 0 aliphatic rings. The Kier molecular flexibility index (Phi) is 6.16. The maximum Gasteiger partial charge on any atom is 0.166 e. The molecule has 0 spiro atoms. The van der Waals surface area contributed by atoms with Crippen LogP contribution in [0.2, 0.25) is 0 Å². The zero-order valence-corrected chi connectivity index (χ0v) is 15.3. The van der Waals surface area contributed by atoms with E-state index in [-0.39, 0.29) is 16.9 Å². The molecule has 0 bridgehead atoms. The van der Waals surface area contributed by atoms with Crippen LogP contribution in [-0.4, -0.2) is 11.7 Å². The van der Waals surface area contributed by atoms with Crippen molar-refractivity contribution in [2.75, 3.05) is 6.61 Å². The highest BCUT2D eigenvalue weighted by Gasteiger charge is 2.11. The van der Waals surface area contributed by atoms with Crippen molar-refractivity contribution in [2.45, 2.75) is 13.5 Å². The molecule has 0 heterocycles. The van der Waals surface area contributed by atoms with Crippen molar-refractivity contribution in [1.82, 2.24) is 0 Å². The van der Waals surface area contributed by atoms with Crippen LogP contribution < -0.4 is 4.74 Å². The molecule has 0 amide bonds. The van der Waals surface area contributed by atoms with Crippen LogP contribution >= 0.6 is 0 Å². The third kappa shape index (κ3) is 4.26. The summed E-state index contributed by atoms with van der Waals surface area (Å²) in [6.45, 7) is 1.63. The normalized spacial score (nSPS) is 11.2. The summed E-state index contributed by atoms with van der Waals surface area (Å²) in [7, 11) is 0. The van der Waals surface area contributed by atoms with Gasteiger partial charge >= 0.3 is 0 Å².